The van der Waals surface area contributed by atoms with Gasteiger partial charge in [-0.3, -0.25) is 14.4 Å². The van der Waals surface area contributed by atoms with Gasteiger partial charge in [-0.25, -0.2) is 0 Å². The normalized spacial score (nSPS) is 13.5. The molecule has 8 nitrogen and oxygen atoms in total. The zero-order chi connectivity index (χ0) is 15.5. The van der Waals surface area contributed by atoms with Crippen molar-refractivity contribution in [3.8, 4) is 0 Å². The fraction of sp³-hybridized carbons (Fsp3) is 0.750. The average molecular weight is 289 g/mol. The Labute approximate surface area is 117 Å². The maximum atomic E-state index is 11.7. The summed E-state index contributed by atoms with van der Waals surface area (Å²) in [6.45, 7) is 0.413. The van der Waals surface area contributed by atoms with Gasteiger partial charge in [0.15, 0.2) is 0 Å². The van der Waals surface area contributed by atoms with E-state index in [9.17, 15) is 14.4 Å². The molecule has 8 heteroatoms. The molecule has 0 aromatic rings. The summed E-state index contributed by atoms with van der Waals surface area (Å²) < 4.78 is 0. The van der Waals surface area contributed by atoms with Gasteiger partial charge in [-0.1, -0.05) is 0 Å². The lowest BCUT2D eigenvalue weighted by Gasteiger charge is -2.15. The van der Waals surface area contributed by atoms with Crippen LogP contribution in [0.2, 0.25) is 0 Å². The standard InChI is InChI=1S/C12H23N3O5/c1-14-9(5-6-10(16)17)11(18)15-7-3-2-4-8(13)12(19)20/h8-9,14H,2-7,13H2,1H3,(H,15,18)(H,16,17)(H,19,20). The van der Waals surface area contributed by atoms with Crippen molar-refractivity contribution in [2.24, 2.45) is 5.73 Å². The van der Waals surface area contributed by atoms with Crippen LogP contribution in [-0.2, 0) is 14.4 Å². The minimum absolute atomic E-state index is 0.0770. The van der Waals surface area contributed by atoms with Crippen LogP contribution in [0, 0.1) is 0 Å². The van der Waals surface area contributed by atoms with E-state index in [0.717, 1.165) is 0 Å². The number of hydrogen-bond donors (Lipinski definition) is 5. The van der Waals surface area contributed by atoms with Crippen LogP contribution in [0.1, 0.15) is 32.1 Å². The van der Waals surface area contributed by atoms with Gasteiger partial charge < -0.3 is 26.6 Å². The van der Waals surface area contributed by atoms with Crippen LogP contribution < -0.4 is 16.4 Å². The number of unbranched alkanes of at least 4 members (excludes halogenated alkanes) is 1. The summed E-state index contributed by atoms with van der Waals surface area (Å²) >= 11 is 0. The number of rotatable bonds is 11. The molecule has 0 aromatic heterocycles. The van der Waals surface area contributed by atoms with Crippen LogP contribution in [0.15, 0.2) is 0 Å². The van der Waals surface area contributed by atoms with Crippen LogP contribution in [0.5, 0.6) is 0 Å². The number of amides is 1. The predicted octanol–water partition coefficient (Wildman–Crippen LogP) is -0.862. The number of carbonyl (C=O) groups is 3. The topological polar surface area (TPSA) is 142 Å². The SMILES string of the molecule is CNC(CCC(=O)O)C(=O)NCCCCC(N)C(=O)O. The molecule has 2 atom stereocenters. The molecule has 0 bridgehead atoms. The van der Waals surface area contributed by atoms with Gasteiger partial charge in [0.05, 0.1) is 6.04 Å². The molecule has 6 N–H and O–H groups in total. The summed E-state index contributed by atoms with van der Waals surface area (Å²) in [7, 11) is 1.60. The highest BCUT2D eigenvalue weighted by atomic mass is 16.4. The van der Waals surface area contributed by atoms with E-state index in [1.54, 1.807) is 7.05 Å². The van der Waals surface area contributed by atoms with Crippen LogP contribution in [0.4, 0.5) is 0 Å². The maximum Gasteiger partial charge on any atom is 0.320 e. The Morgan fingerprint density at radius 2 is 1.80 bits per heavy atom. The summed E-state index contributed by atoms with van der Waals surface area (Å²) in [6.07, 6.45) is 1.74. The van der Waals surface area contributed by atoms with Gasteiger partial charge in [0.2, 0.25) is 5.91 Å². The highest BCUT2D eigenvalue weighted by Gasteiger charge is 2.17. The van der Waals surface area contributed by atoms with Crippen molar-refractivity contribution in [3.63, 3.8) is 0 Å². The van der Waals surface area contributed by atoms with Crippen molar-refractivity contribution in [2.75, 3.05) is 13.6 Å². The Balaban J connectivity index is 3.79. The molecule has 0 spiro atoms. The molecule has 0 rings (SSSR count). The first-order valence-electron chi connectivity index (χ1n) is 6.53. The van der Waals surface area contributed by atoms with Crippen LogP contribution >= 0.6 is 0 Å². The number of carbonyl (C=O) groups excluding carboxylic acids is 1. The molecule has 2 unspecified atom stereocenters. The summed E-state index contributed by atoms with van der Waals surface area (Å²) in [6, 6.07) is -1.40. The third kappa shape index (κ3) is 8.44. The second-order valence-electron chi connectivity index (χ2n) is 4.51. The van der Waals surface area contributed by atoms with Gasteiger partial charge in [0.1, 0.15) is 6.04 Å². The molecular weight excluding hydrogens is 266 g/mol. The second kappa shape index (κ2) is 10.2. The van der Waals surface area contributed by atoms with E-state index in [1.165, 1.54) is 0 Å². The third-order valence-electron chi connectivity index (χ3n) is 2.87. The van der Waals surface area contributed by atoms with E-state index >= 15 is 0 Å². The van der Waals surface area contributed by atoms with E-state index in [0.29, 0.717) is 25.8 Å². The molecule has 0 aliphatic carbocycles. The minimum atomic E-state index is -1.03. The van der Waals surface area contributed by atoms with Gasteiger partial charge in [0, 0.05) is 13.0 Å². The highest BCUT2D eigenvalue weighted by molar-refractivity contribution is 5.82. The van der Waals surface area contributed by atoms with Crippen molar-refractivity contribution in [1.82, 2.24) is 10.6 Å². The number of nitrogens with one attached hydrogen (secondary N) is 2. The number of nitrogens with two attached hydrogens (primary N) is 1. The lowest BCUT2D eigenvalue weighted by Crippen LogP contribution is -2.43. The molecule has 20 heavy (non-hydrogen) atoms. The average Bonchev–Trinajstić information content (AvgIpc) is 2.38. The first kappa shape index (κ1) is 18.3. The largest absolute Gasteiger partial charge is 0.481 e. The quantitative estimate of drug-likeness (QED) is 0.311. The minimum Gasteiger partial charge on any atom is -0.481 e. The molecular formula is C12H23N3O5. The first-order chi connectivity index (χ1) is 9.38. The number of carboxylic acids is 2. The summed E-state index contributed by atoms with van der Waals surface area (Å²) in [5.41, 5.74) is 5.34. The zero-order valence-electron chi connectivity index (χ0n) is 11.6. The fourth-order valence-electron chi connectivity index (χ4n) is 1.62. The van der Waals surface area contributed by atoms with E-state index in [2.05, 4.69) is 10.6 Å². The lowest BCUT2D eigenvalue weighted by molar-refractivity contribution is -0.139. The molecule has 0 aromatic carbocycles. The van der Waals surface area contributed by atoms with Crippen LogP contribution in [-0.4, -0.2) is 53.7 Å². The molecule has 1 amide bonds. The molecule has 0 radical (unpaired) electrons. The first-order valence-corrected chi connectivity index (χ1v) is 6.53. The summed E-state index contributed by atoms with van der Waals surface area (Å²) in [5, 5.41) is 22.6. The Morgan fingerprint density at radius 3 is 2.30 bits per heavy atom. The predicted molar refractivity (Wildman–Crippen MR) is 72.2 cm³/mol. The lowest BCUT2D eigenvalue weighted by atomic mass is 10.1. The van der Waals surface area contributed by atoms with E-state index in [-0.39, 0.29) is 18.7 Å². The van der Waals surface area contributed by atoms with E-state index < -0.39 is 24.0 Å². The van der Waals surface area contributed by atoms with Gasteiger partial charge in [-0.05, 0) is 32.7 Å². The van der Waals surface area contributed by atoms with Gasteiger partial charge >= 0.3 is 11.9 Å². The highest BCUT2D eigenvalue weighted by Crippen LogP contribution is 2.00. The Hall–Kier alpha value is -1.67. The third-order valence-corrected chi connectivity index (χ3v) is 2.87. The number of likely N-dealkylation sites (N-methyl/N-ethyl adjacent to an activating group) is 1. The van der Waals surface area contributed by atoms with Crippen molar-refractivity contribution in [3.05, 3.63) is 0 Å². The Morgan fingerprint density at radius 1 is 1.15 bits per heavy atom. The van der Waals surface area contributed by atoms with Crippen LogP contribution in [0.25, 0.3) is 0 Å². The van der Waals surface area contributed by atoms with E-state index in [4.69, 9.17) is 15.9 Å². The monoisotopic (exact) mass is 289 g/mol. The molecule has 0 aliphatic rings. The number of aliphatic carboxylic acids is 2. The van der Waals surface area contributed by atoms with Crippen LogP contribution in [0.3, 0.4) is 0 Å². The smallest absolute Gasteiger partial charge is 0.320 e. The Kier molecular flexibility index (Phi) is 9.31. The molecule has 0 heterocycles. The summed E-state index contributed by atoms with van der Waals surface area (Å²) in [4.78, 5) is 32.6. The second-order valence-corrected chi connectivity index (χ2v) is 4.51. The van der Waals surface area contributed by atoms with Crippen molar-refractivity contribution in [1.29, 1.82) is 0 Å². The molecule has 0 saturated heterocycles. The summed E-state index contributed by atoms with van der Waals surface area (Å²) in [5.74, 6) is -2.23. The molecule has 0 aliphatic heterocycles. The molecule has 0 saturated carbocycles. The van der Waals surface area contributed by atoms with Crippen molar-refractivity contribution < 1.29 is 24.6 Å². The van der Waals surface area contributed by atoms with Gasteiger partial charge in [-0.15, -0.1) is 0 Å². The van der Waals surface area contributed by atoms with Crippen molar-refractivity contribution >= 4 is 17.8 Å². The van der Waals surface area contributed by atoms with E-state index in [1.807, 2.05) is 0 Å². The van der Waals surface area contributed by atoms with Crippen molar-refractivity contribution in [2.45, 2.75) is 44.2 Å². The van der Waals surface area contributed by atoms with Gasteiger partial charge in [-0.2, -0.15) is 0 Å². The van der Waals surface area contributed by atoms with Gasteiger partial charge in [0.25, 0.3) is 0 Å². The molecule has 116 valence electrons. The number of carboxylic acid groups (broad SMARTS) is 2. The fourth-order valence-corrected chi connectivity index (χ4v) is 1.62. The zero-order valence-corrected chi connectivity index (χ0v) is 11.6. The molecule has 0 fully saturated rings. The maximum absolute atomic E-state index is 11.7. The Bertz CT molecular complexity index is 335. The number of hydrogen-bond acceptors (Lipinski definition) is 5.